The first-order valence-corrected chi connectivity index (χ1v) is 10.0. The lowest BCUT2D eigenvalue weighted by Crippen LogP contribution is -2.17. The largest absolute Gasteiger partial charge is 0.493 e. The fraction of sp³-hybridized carbons (Fsp3) is 0.105. The molecule has 150 valence electrons. The molecule has 0 bridgehead atoms. The zero-order valence-electron chi connectivity index (χ0n) is 14.8. The summed E-state index contributed by atoms with van der Waals surface area (Å²) in [5.41, 5.74) is 1.79. The van der Waals surface area contributed by atoms with E-state index in [4.69, 9.17) is 50.0 Å². The molecule has 1 saturated heterocycles. The lowest BCUT2D eigenvalue weighted by atomic mass is 10.0. The minimum atomic E-state index is -1.15. The molecule has 0 spiro atoms. The van der Waals surface area contributed by atoms with Crippen molar-refractivity contribution in [1.82, 2.24) is 5.32 Å². The molecule has 0 atom stereocenters. The topological polar surface area (TPSA) is 84.9 Å². The first kappa shape index (κ1) is 21.4. The highest BCUT2D eigenvalue weighted by Crippen LogP contribution is 2.41. The van der Waals surface area contributed by atoms with E-state index in [-0.39, 0.29) is 17.4 Å². The van der Waals surface area contributed by atoms with Gasteiger partial charge in [0.25, 0.3) is 5.91 Å². The van der Waals surface area contributed by atoms with Gasteiger partial charge in [0.2, 0.25) is 0 Å². The van der Waals surface area contributed by atoms with E-state index in [1.54, 1.807) is 36.4 Å². The number of hydrogen-bond acceptors (Lipinski definition) is 6. The van der Waals surface area contributed by atoms with Crippen LogP contribution in [-0.4, -0.2) is 35.0 Å². The van der Waals surface area contributed by atoms with Gasteiger partial charge in [-0.3, -0.25) is 4.79 Å². The van der Waals surface area contributed by atoms with Gasteiger partial charge < -0.3 is 19.9 Å². The maximum atomic E-state index is 12.1. The smallest absolute Gasteiger partial charge is 0.341 e. The summed E-state index contributed by atoms with van der Waals surface area (Å²) < 4.78 is 11.2. The summed E-state index contributed by atoms with van der Waals surface area (Å²) in [5.74, 6) is -1.03. The third-order valence-electron chi connectivity index (χ3n) is 3.81. The molecule has 2 aromatic rings. The van der Waals surface area contributed by atoms with E-state index in [0.717, 1.165) is 11.8 Å². The molecule has 1 amide bonds. The molecule has 29 heavy (non-hydrogen) atoms. The van der Waals surface area contributed by atoms with Gasteiger partial charge in [-0.15, -0.1) is 0 Å². The van der Waals surface area contributed by atoms with Crippen molar-refractivity contribution in [1.29, 1.82) is 0 Å². The molecule has 1 aliphatic rings. The van der Waals surface area contributed by atoms with Crippen molar-refractivity contribution in [3.05, 3.63) is 50.8 Å². The minimum Gasteiger partial charge on any atom is -0.493 e. The Morgan fingerprint density at radius 1 is 1.31 bits per heavy atom. The number of carboxylic acid groups (broad SMARTS) is 1. The van der Waals surface area contributed by atoms with Gasteiger partial charge in [0.1, 0.15) is 4.32 Å². The number of thiocarbonyl (C=S) groups is 1. The molecule has 1 heterocycles. The monoisotopic (exact) mass is 469 g/mol. The van der Waals surface area contributed by atoms with E-state index in [2.05, 4.69) is 5.32 Å². The number of rotatable bonds is 6. The Morgan fingerprint density at radius 2 is 2.07 bits per heavy atom. The number of halogens is 2. The van der Waals surface area contributed by atoms with Gasteiger partial charge in [0.05, 0.1) is 12.0 Å². The Labute approximate surface area is 185 Å². The molecule has 0 unspecified atom stereocenters. The van der Waals surface area contributed by atoms with Crippen LogP contribution in [-0.2, 0) is 9.59 Å². The van der Waals surface area contributed by atoms with Crippen LogP contribution in [0.15, 0.2) is 35.2 Å². The van der Waals surface area contributed by atoms with Crippen LogP contribution in [0.25, 0.3) is 17.2 Å². The highest BCUT2D eigenvalue weighted by atomic mass is 35.5. The number of carbonyl (C=O) groups excluding carboxylic acids is 1. The zero-order valence-corrected chi connectivity index (χ0v) is 18.0. The number of methoxy groups -OCH3 is 1. The predicted octanol–water partition coefficient (Wildman–Crippen LogP) is 4.62. The number of carbonyl (C=O) groups is 2. The Morgan fingerprint density at radius 3 is 2.66 bits per heavy atom. The average molecular weight is 470 g/mol. The SMILES string of the molecule is COc1cc(-c2ccc(Cl)cc2Cl)cc(C=C2SC(=S)NC2=O)c1OCC(=O)O. The summed E-state index contributed by atoms with van der Waals surface area (Å²) in [7, 11) is 1.43. The molecule has 6 nitrogen and oxygen atoms in total. The number of thioether (sulfide) groups is 1. The highest BCUT2D eigenvalue weighted by Gasteiger charge is 2.24. The van der Waals surface area contributed by atoms with Gasteiger partial charge in [0.15, 0.2) is 18.1 Å². The predicted molar refractivity (Wildman–Crippen MR) is 118 cm³/mol. The van der Waals surface area contributed by atoms with Crippen LogP contribution in [0.4, 0.5) is 0 Å². The van der Waals surface area contributed by atoms with Crippen molar-refractivity contribution in [3.63, 3.8) is 0 Å². The third-order valence-corrected chi connectivity index (χ3v) is 5.52. The third kappa shape index (κ3) is 5.02. The first-order chi connectivity index (χ1) is 13.8. The number of hydrogen-bond donors (Lipinski definition) is 2. The summed E-state index contributed by atoms with van der Waals surface area (Å²) in [6.07, 6.45) is 1.56. The molecule has 0 aliphatic carbocycles. The second-order valence-corrected chi connectivity index (χ2v) is 8.32. The van der Waals surface area contributed by atoms with Crippen LogP contribution in [0, 0.1) is 0 Å². The molecule has 10 heteroatoms. The van der Waals surface area contributed by atoms with Gasteiger partial charge >= 0.3 is 5.97 Å². The number of amides is 1. The molecule has 1 aliphatic heterocycles. The van der Waals surface area contributed by atoms with Crippen LogP contribution < -0.4 is 14.8 Å². The molecule has 0 radical (unpaired) electrons. The Bertz CT molecular complexity index is 1060. The molecular formula is C19H13Cl2NO5S2. The summed E-state index contributed by atoms with van der Waals surface area (Å²) in [6, 6.07) is 8.44. The van der Waals surface area contributed by atoms with E-state index in [1.165, 1.54) is 7.11 Å². The molecule has 2 aromatic carbocycles. The van der Waals surface area contributed by atoms with Gasteiger partial charge in [-0.2, -0.15) is 0 Å². The zero-order chi connectivity index (χ0) is 21.1. The lowest BCUT2D eigenvalue weighted by Gasteiger charge is -2.16. The van der Waals surface area contributed by atoms with Crippen LogP contribution in [0.2, 0.25) is 10.0 Å². The molecular weight excluding hydrogens is 457 g/mol. The van der Waals surface area contributed by atoms with Crippen LogP contribution in [0.5, 0.6) is 11.5 Å². The second-order valence-electron chi connectivity index (χ2n) is 5.76. The Hall–Kier alpha value is -2.26. The summed E-state index contributed by atoms with van der Waals surface area (Å²) in [4.78, 5) is 23.4. The fourth-order valence-electron chi connectivity index (χ4n) is 2.61. The number of benzene rings is 2. The Balaban J connectivity index is 2.18. The van der Waals surface area contributed by atoms with E-state index in [1.807, 2.05) is 0 Å². The minimum absolute atomic E-state index is 0.183. The normalized spacial score (nSPS) is 14.8. The molecule has 1 fully saturated rings. The van der Waals surface area contributed by atoms with Crippen molar-refractivity contribution in [3.8, 4) is 22.6 Å². The van der Waals surface area contributed by atoms with Crippen LogP contribution >= 0.6 is 47.2 Å². The maximum Gasteiger partial charge on any atom is 0.341 e. The van der Waals surface area contributed by atoms with E-state index >= 15 is 0 Å². The van der Waals surface area contributed by atoms with Crippen LogP contribution in [0.3, 0.4) is 0 Å². The summed E-state index contributed by atoms with van der Waals surface area (Å²) in [5, 5.41) is 12.4. The van der Waals surface area contributed by atoms with Gasteiger partial charge in [0, 0.05) is 21.2 Å². The van der Waals surface area contributed by atoms with Gasteiger partial charge in [-0.1, -0.05) is 53.2 Å². The summed E-state index contributed by atoms with van der Waals surface area (Å²) in [6.45, 7) is -0.578. The van der Waals surface area contributed by atoms with Crippen molar-refractivity contribution in [2.75, 3.05) is 13.7 Å². The fourth-order valence-corrected chi connectivity index (χ4v) is 4.17. The van der Waals surface area contributed by atoms with Gasteiger partial charge in [-0.25, -0.2) is 4.79 Å². The maximum absolute atomic E-state index is 12.1. The van der Waals surface area contributed by atoms with Crippen LogP contribution in [0.1, 0.15) is 5.56 Å². The summed E-state index contributed by atoms with van der Waals surface area (Å²) >= 11 is 18.4. The van der Waals surface area contributed by atoms with Crippen molar-refractivity contribution in [2.24, 2.45) is 0 Å². The van der Waals surface area contributed by atoms with E-state index in [9.17, 15) is 9.59 Å². The average Bonchev–Trinajstić information content (AvgIpc) is 2.96. The first-order valence-electron chi connectivity index (χ1n) is 8.05. The number of aliphatic carboxylic acids is 1. The molecule has 0 saturated carbocycles. The molecule has 2 N–H and O–H groups in total. The molecule has 3 rings (SSSR count). The number of carboxylic acids is 1. The lowest BCUT2D eigenvalue weighted by molar-refractivity contribution is -0.139. The standard InChI is InChI=1S/C19H13Cl2NO5S2/c1-26-14-5-9(12-3-2-11(20)7-13(12)21)4-10(17(14)27-8-16(23)24)6-15-18(25)22-19(28)29-15/h2-7H,8H2,1H3,(H,23,24)(H,22,25,28). The van der Waals surface area contributed by atoms with Crippen molar-refractivity contribution >= 4 is 69.5 Å². The van der Waals surface area contributed by atoms with Crippen molar-refractivity contribution < 1.29 is 24.2 Å². The van der Waals surface area contributed by atoms with E-state index < -0.39 is 12.6 Å². The van der Waals surface area contributed by atoms with Gasteiger partial charge in [-0.05, 0) is 35.9 Å². The number of nitrogens with one attached hydrogen (secondary N) is 1. The second kappa shape index (κ2) is 9.04. The van der Waals surface area contributed by atoms with E-state index in [0.29, 0.717) is 36.0 Å². The molecule has 0 aromatic heterocycles. The highest BCUT2D eigenvalue weighted by molar-refractivity contribution is 8.26. The quantitative estimate of drug-likeness (QED) is 0.471. The Kier molecular flexibility index (Phi) is 6.69. The number of ether oxygens (including phenoxy) is 2. The van der Waals surface area contributed by atoms with Crippen molar-refractivity contribution in [2.45, 2.75) is 0 Å².